The average Bonchev–Trinajstić information content (AvgIpc) is 3.46. The topological polar surface area (TPSA) is 56.5 Å². The minimum absolute atomic E-state index is 0.640. The molecule has 0 amide bonds. The smallest absolute Gasteiger partial charge is 0.164 e. The number of rotatable bonds is 5. The van der Waals surface area contributed by atoms with Gasteiger partial charge in [-0.15, -0.1) is 0 Å². The molecule has 0 fully saturated rings. The van der Waals surface area contributed by atoms with Crippen LogP contribution < -0.4 is 0 Å². The van der Waals surface area contributed by atoms with Crippen molar-refractivity contribution in [3.63, 3.8) is 0 Å². The second kappa shape index (κ2) is 9.80. The number of aromatic nitrogens is 5. The Morgan fingerprint density at radius 3 is 1.62 bits per heavy atom. The van der Waals surface area contributed by atoms with E-state index in [1.165, 1.54) is 0 Å². The zero-order valence-corrected chi connectivity index (χ0v) is 21.0. The van der Waals surface area contributed by atoms with Crippen molar-refractivity contribution < 1.29 is 0 Å². The third-order valence-electron chi connectivity index (χ3n) is 6.73. The Kier molecular flexibility index (Phi) is 5.72. The van der Waals surface area contributed by atoms with Crippen molar-refractivity contribution in [1.29, 1.82) is 0 Å². The van der Waals surface area contributed by atoms with E-state index in [1.807, 2.05) is 85.2 Å². The van der Waals surface area contributed by atoms with Crippen LogP contribution in [0.25, 0.3) is 62.0 Å². The minimum Gasteiger partial charge on any atom is -0.299 e. The molecule has 0 spiro atoms. The summed E-state index contributed by atoms with van der Waals surface area (Å²) < 4.78 is 2.12. The van der Waals surface area contributed by atoms with Gasteiger partial charge >= 0.3 is 0 Å². The molecule has 184 valence electrons. The largest absolute Gasteiger partial charge is 0.299 e. The highest BCUT2D eigenvalue weighted by atomic mass is 15.0. The fourth-order valence-electron chi connectivity index (χ4n) is 4.78. The van der Waals surface area contributed by atoms with E-state index in [0.717, 1.165) is 44.5 Å². The molecule has 0 aliphatic carbocycles. The normalized spacial score (nSPS) is 11.1. The molecule has 5 nitrogen and oxygen atoms in total. The first-order chi connectivity index (χ1) is 19.3. The summed E-state index contributed by atoms with van der Waals surface area (Å²) in [6.45, 7) is 0. The van der Waals surface area contributed by atoms with Crippen molar-refractivity contribution in [3.05, 3.63) is 140 Å². The van der Waals surface area contributed by atoms with Gasteiger partial charge < -0.3 is 0 Å². The van der Waals surface area contributed by atoms with Crippen LogP contribution in [-0.4, -0.2) is 24.5 Å². The summed E-state index contributed by atoms with van der Waals surface area (Å²) in [5.41, 5.74) is 8.14. The Morgan fingerprint density at radius 1 is 0.410 bits per heavy atom. The maximum atomic E-state index is 4.89. The van der Waals surface area contributed by atoms with Crippen LogP contribution in [0, 0.1) is 0 Å². The zero-order chi connectivity index (χ0) is 26.0. The Morgan fingerprint density at radius 2 is 0.923 bits per heavy atom. The number of hydrogen-bond donors (Lipinski definition) is 0. The zero-order valence-electron chi connectivity index (χ0n) is 21.0. The SMILES string of the molecule is c1ccc(-c2nc(-c3ccccc3)nc(-c3cccc(-c4cccc(-n5cnc6ccccc65)c4)c3)n2)cc1. The van der Waals surface area contributed by atoms with Gasteiger partial charge in [0.2, 0.25) is 0 Å². The molecule has 0 N–H and O–H groups in total. The predicted octanol–water partition coefficient (Wildman–Crippen LogP) is 7.88. The highest BCUT2D eigenvalue weighted by Crippen LogP contribution is 2.29. The molecule has 7 rings (SSSR count). The molecule has 0 saturated heterocycles. The van der Waals surface area contributed by atoms with Gasteiger partial charge in [0.05, 0.1) is 11.0 Å². The Bertz CT molecular complexity index is 1850. The number of benzene rings is 5. The van der Waals surface area contributed by atoms with E-state index in [0.29, 0.717) is 17.5 Å². The van der Waals surface area contributed by atoms with E-state index in [9.17, 15) is 0 Å². The number of imidazole rings is 1. The van der Waals surface area contributed by atoms with Crippen LogP contribution >= 0.6 is 0 Å². The molecule has 5 heteroatoms. The van der Waals surface area contributed by atoms with Crippen molar-refractivity contribution in [2.45, 2.75) is 0 Å². The third-order valence-corrected chi connectivity index (χ3v) is 6.73. The van der Waals surface area contributed by atoms with Crippen molar-refractivity contribution in [3.8, 4) is 51.0 Å². The van der Waals surface area contributed by atoms with Gasteiger partial charge in [0, 0.05) is 22.4 Å². The van der Waals surface area contributed by atoms with E-state index in [2.05, 4.69) is 64.1 Å². The number of fused-ring (bicyclic) bond motifs is 1. The average molecular weight is 502 g/mol. The van der Waals surface area contributed by atoms with Crippen LogP contribution in [0.1, 0.15) is 0 Å². The van der Waals surface area contributed by atoms with Crippen molar-refractivity contribution >= 4 is 11.0 Å². The summed E-state index contributed by atoms with van der Waals surface area (Å²) in [5.74, 6) is 1.94. The van der Waals surface area contributed by atoms with Crippen molar-refractivity contribution in [2.24, 2.45) is 0 Å². The molecule has 2 aromatic heterocycles. The van der Waals surface area contributed by atoms with Gasteiger partial charge in [-0.05, 0) is 41.5 Å². The standard InChI is InChI=1S/C34H23N5/c1-3-11-24(12-4-1)32-36-33(25-13-5-2-6-14-25)38-34(37-32)28-17-9-15-26(21-28)27-16-10-18-29(22-27)39-23-35-30-19-7-8-20-31(30)39/h1-23H. The molecular weight excluding hydrogens is 478 g/mol. The second-order valence-corrected chi connectivity index (χ2v) is 9.27. The molecule has 0 radical (unpaired) electrons. The molecular formula is C34H23N5. The van der Waals surface area contributed by atoms with E-state index < -0.39 is 0 Å². The van der Waals surface area contributed by atoms with Gasteiger partial charge in [0.15, 0.2) is 17.5 Å². The highest BCUT2D eigenvalue weighted by Gasteiger charge is 2.13. The van der Waals surface area contributed by atoms with E-state index in [1.54, 1.807) is 0 Å². The van der Waals surface area contributed by atoms with E-state index in [4.69, 9.17) is 15.0 Å². The molecule has 0 bridgehead atoms. The van der Waals surface area contributed by atoms with Crippen LogP contribution in [0.15, 0.2) is 140 Å². The minimum atomic E-state index is 0.640. The van der Waals surface area contributed by atoms with Crippen LogP contribution in [0.2, 0.25) is 0 Å². The molecule has 5 aromatic carbocycles. The summed E-state index contributed by atoms with van der Waals surface area (Å²) >= 11 is 0. The van der Waals surface area contributed by atoms with Crippen molar-refractivity contribution in [1.82, 2.24) is 24.5 Å². The Labute approximate surface area is 226 Å². The summed E-state index contributed by atoms with van der Waals surface area (Å²) in [4.78, 5) is 19.2. The van der Waals surface area contributed by atoms with Crippen LogP contribution in [-0.2, 0) is 0 Å². The fraction of sp³-hybridized carbons (Fsp3) is 0. The van der Waals surface area contributed by atoms with E-state index >= 15 is 0 Å². The van der Waals surface area contributed by atoms with Gasteiger partial charge in [0.25, 0.3) is 0 Å². The summed E-state index contributed by atoms with van der Waals surface area (Å²) in [7, 11) is 0. The monoisotopic (exact) mass is 501 g/mol. The van der Waals surface area contributed by atoms with E-state index in [-0.39, 0.29) is 0 Å². The van der Waals surface area contributed by atoms with Gasteiger partial charge in [0.1, 0.15) is 6.33 Å². The first-order valence-electron chi connectivity index (χ1n) is 12.8. The maximum absolute atomic E-state index is 4.89. The second-order valence-electron chi connectivity index (χ2n) is 9.27. The van der Waals surface area contributed by atoms with Gasteiger partial charge in [-0.25, -0.2) is 19.9 Å². The summed E-state index contributed by atoms with van der Waals surface area (Å²) in [5, 5.41) is 0. The lowest BCUT2D eigenvalue weighted by Crippen LogP contribution is -2.00. The summed E-state index contributed by atoms with van der Waals surface area (Å²) in [6.07, 6.45) is 1.88. The first-order valence-corrected chi connectivity index (χ1v) is 12.8. The van der Waals surface area contributed by atoms with Gasteiger partial charge in [-0.1, -0.05) is 103 Å². The van der Waals surface area contributed by atoms with Crippen LogP contribution in [0.5, 0.6) is 0 Å². The van der Waals surface area contributed by atoms with Crippen LogP contribution in [0.4, 0.5) is 0 Å². The predicted molar refractivity (Wildman–Crippen MR) is 156 cm³/mol. The molecule has 39 heavy (non-hydrogen) atoms. The lowest BCUT2D eigenvalue weighted by Gasteiger charge is -2.11. The molecule has 0 unspecified atom stereocenters. The number of nitrogens with zero attached hydrogens (tertiary/aromatic N) is 5. The highest BCUT2D eigenvalue weighted by molar-refractivity contribution is 5.78. The van der Waals surface area contributed by atoms with Gasteiger partial charge in [-0.3, -0.25) is 4.57 Å². The fourth-order valence-corrected chi connectivity index (χ4v) is 4.78. The van der Waals surface area contributed by atoms with Gasteiger partial charge in [-0.2, -0.15) is 0 Å². The molecule has 0 atom stereocenters. The Hall–Kier alpha value is -5.42. The number of hydrogen-bond acceptors (Lipinski definition) is 4. The quantitative estimate of drug-likeness (QED) is 0.241. The summed E-state index contributed by atoms with van der Waals surface area (Å²) in [6, 6.07) is 45.1. The lowest BCUT2D eigenvalue weighted by molar-refractivity contribution is 1.07. The van der Waals surface area contributed by atoms with Crippen molar-refractivity contribution in [2.75, 3.05) is 0 Å². The first kappa shape index (κ1) is 22.8. The molecule has 0 aliphatic heterocycles. The maximum Gasteiger partial charge on any atom is 0.164 e. The Balaban J connectivity index is 1.32. The molecule has 7 aromatic rings. The molecule has 0 saturated carbocycles. The molecule has 0 aliphatic rings. The molecule has 2 heterocycles. The third kappa shape index (κ3) is 4.47. The lowest BCUT2D eigenvalue weighted by atomic mass is 10.0. The number of para-hydroxylation sites is 2. The van der Waals surface area contributed by atoms with Crippen LogP contribution in [0.3, 0.4) is 0 Å².